The highest BCUT2D eigenvalue weighted by atomic mass is 16.5. The summed E-state index contributed by atoms with van der Waals surface area (Å²) in [5.74, 6) is 1.98. The smallest absolute Gasteiger partial charge is 0.135 e. The fraction of sp³-hybridized carbons (Fsp3) is 0.733. The van der Waals surface area contributed by atoms with Crippen LogP contribution in [-0.4, -0.2) is 35.3 Å². The third-order valence-electron chi connectivity index (χ3n) is 4.54. The number of morpholine rings is 1. The van der Waals surface area contributed by atoms with Gasteiger partial charge >= 0.3 is 0 Å². The van der Waals surface area contributed by atoms with Gasteiger partial charge in [-0.05, 0) is 33.6 Å². The average Bonchev–Trinajstić information content (AvgIpc) is 2.82. The van der Waals surface area contributed by atoms with Gasteiger partial charge in [0.15, 0.2) is 0 Å². The van der Waals surface area contributed by atoms with Crippen LogP contribution in [0.3, 0.4) is 0 Å². The van der Waals surface area contributed by atoms with Crippen LogP contribution in [0.25, 0.3) is 0 Å². The summed E-state index contributed by atoms with van der Waals surface area (Å²) in [6.07, 6.45) is 5.00. The van der Waals surface area contributed by atoms with Gasteiger partial charge in [0.2, 0.25) is 0 Å². The molecule has 0 amide bonds. The Hall–Kier alpha value is -1.16. The fourth-order valence-electron chi connectivity index (χ4n) is 3.41. The van der Waals surface area contributed by atoms with Crippen LogP contribution in [0.15, 0.2) is 0 Å². The maximum atomic E-state index is 6.09. The molecule has 0 atom stereocenters. The number of nitrogens with zero attached hydrogens (tertiary/aromatic N) is 3. The molecule has 0 radical (unpaired) electrons. The van der Waals surface area contributed by atoms with Gasteiger partial charge in [0.25, 0.3) is 0 Å². The predicted molar refractivity (Wildman–Crippen MR) is 75.6 cm³/mol. The zero-order valence-electron chi connectivity index (χ0n) is 12.2. The van der Waals surface area contributed by atoms with Crippen molar-refractivity contribution in [2.45, 2.75) is 52.1 Å². The maximum absolute atomic E-state index is 6.09. The Morgan fingerprint density at radius 3 is 2.58 bits per heavy atom. The molecule has 2 aliphatic rings. The number of hydrogen-bond donors (Lipinski definition) is 0. The number of aryl methyl sites for hydroxylation is 2. The summed E-state index contributed by atoms with van der Waals surface area (Å²) in [4.78, 5) is 11.5. The average molecular weight is 261 g/mol. The summed E-state index contributed by atoms with van der Waals surface area (Å²) >= 11 is 0. The fourth-order valence-corrected chi connectivity index (χ4v) is 3.41. The highest BCUT2D eigenvalue weighted by Crippen LogP contribution is 2.37. The van der Waals surface area contributed by atoms with E-state index in [0.717, 1.165) is 37.0 Å². The van der Waals surface area contributed by atoms with Crippen LogP contribution in [-0.2, 0) is 4.74 Å². The number of rotatable bonds is 1. The van der Waals surface area contributed by atoms with Crippen molar-refractivity contribution < 1.29 is 4.74 Å². The first-order valence-electron chi connectivity index (χ1n) is 7.30. The molecule has 104 valence electrons. The topological polar surface area (TPSA) is 38.2 Å². The lowest BCUT2D eigenvalue weighted by molar-refractivity contribution is -0.0503. The van der Waals surface area contributed by atoms with E-state index in [1.165, 1.54) is 31.2 Å². The van der Waals surface area contributed by atoms with E-state index in [-0.39, 0.29) is 5.60 Å². The summed E-state index contributed by atoms with van der Waals surface area (Å²) in [5, 5.41) is 0. The second-order valence-electron chi connectivity index (χ2n) is 5.96. The third kappa shape index (κ3) is 2.34. The standard InChI is InChI=1S/C15H23N3O/c1-11-12(2)16-13(3)17-14(11)18-8-9-19-15(10-18)6-4-5-7-15/h4-10H2,1-3H3. The molecule has 0 aromatic carbocycles. The Balaban J connectivity index is 1.89. The largest absolute Gasteiger partial charge is 0.371 e. The van der Waals surface area contributed by atoms with E-state index in [2.05, 4.69) is 28.7 Å². The lowest BCUT2D eigenvalue weighted by Crippen LogP contribution is -2.51. The van der Waals surface area contributed by atoms with Crippen molar-refractivity contribution in [3.8, 4) is 0 Å². The molecule has 4 nitrogen and oxygen atoms in total. The summed E-state index contributed by atoms with van der Waals surface area (Å²) in [6, 6.07) is 0. The van der Waals surface area contributed by atoms with E-state index in [1.54, 1.807) is 0 Å². The first kappa shape index (κ1) is 12.9. The quantitative estimate of drug-likeness (QED) is 0.778. The van der Waals surface area contributed by atoms with Gasteiger partial charge in [0.05, 0.1) is 12.2 Å². The summed E-state index contributed by atoms with van der Waals surface area (Å²) < 4.78 is 6.09. The number of hydrogen-bond acceptors (Lipinski definition) is 4. The van der Waals surface area contributed by atoms with Gasteiger partial charge in [-0.15, -0.1) is 0 Å². The van der Waals surface area contributed by atoms with E-state index < -0.39 is 0 Å². The molecule has 4 heteroatoms. The Labute approximate surface area is 115 Å². The van der Waals surface area contributed by atoms with Crippen molar-refractivity contribution in [3.63, 3.8) is 0 Å². The monoisotopic (exact) mass is 261 g/mol. The van der Waals surface area contributed by atoms with Crippen LogP contribution in [0.2, 0.25) is 0 Å². The maximum Gasteiger partial charge on any atom is 0.135 e. The van der Waals surface area contributed by atoms with E-state index in [9.17, 15) is 0 Å². The minimum atomic E-state index is 0.0947. The minimum absolute atomic E-state index is 0.0947. The minimum Gasteiger partial charge on any atom is -0.371 e. The molecule has 0 bridgehead atoms. The molecule has 0 N–H and O–H groups in total. The van der Waals surface area contributed by atoms with Crippen molar-refractivity contribution >= 4 is 5.82 Å². The summed E-state index contributed by atoms with van der Waals surface area (Å²) in [5.41, 5.74) is 2.40. The van der Waals surface area contributed by atoms with Gasteiger partial charge in [-0.3, -0.25) is 0 Å². The lowest BCUT2D eigenvalue weighted by atomic mass is 9.99. The molecule has 1 spiro atoms. The second kappa shape index (κ2) is 4.75. The molecule has 2 heterocycles. The van der Waals surface area contributed by atoms with Crippen molar-refractivity contribution in [2.75, 3.05) is 24.6 Å². The molecule has 1 aliphatic heterocycles. The van der Waals surface area contributed by atoms with E-state index >= 15 is 0 Å². The van der Waals surface area contributed by atoms with Crippen LogP contribution in [0.1, 0.15) is 42.8 Å². The Morgan fingerprint density at radius 1 is 1.11 bits per heavy atom. The van der Waals surface area contributed by atoms with Crippen molar-refractivity contribution in [2.24, 2.45) is 0 Å². The van der Waals surface area contributed by atoms with Gasteiger partial charge in [-0.25, -0.2) is 9.97 Å². The van der Waals surface area contributed by atoms with Crippen LogP contribution in [0, 0.1) is 20.8 Å². The zero-order valence-corrected chi connectivity index (χ0v) is 12.2. The van der Waals surface area contributed by atoms with E-state index in [1.807, 2.05) is 6.92 Å². The van der Waals surface area contributed by atoms with Gasteiger partial charge in [0, 0.05) is 24.3 Å². The van der Waals surface area contributed by atoms with Crippen LogP contribution >= 0.6 is 0 Å². The number of anilines is 1. The molecular weight excluding hydrogens is 238 g/mol. The predicted octanol–water partition coefficient (Wildman–Crippen LogP) is 2.55. The highest BCUT2D eigenvalue weighted by Gasteiger charge is 2.39. The first-order chi connectivity index (χ1) is 9.10. The molecule has 1 saturated carbocycles. The zero-order chi connectivity index (χ0) is 13.5. The van der Waals surface area contributed by atoms with Gasteiger partial charge in [-0.1, -0.05) is 12.8 Å². The molecule has 1 aromatic heterocycles. The third-order valence-corrected chi connectivity index (χ3v) is 4.54. The first-order valence-corrected chi connectivity index (χ1v) is 7.30. The van der Waals surface area contributed by atoms with Crippen LogP contribution in [0.5, 0.6) is 0 Å². The highest BCUT2D eigenvalue weighted by molar-refractivity contribution is 5.49. The second-order valence-corrected chi connectivity index (χ2v) is 5.96. The van der Waals surface area contributed by atoms with Crippen molar-refractivity contribution in [3.05, 3.63) is 17.1 Å². The van der Waals surface area contributed by atoms with Crippen molar-refractivity contribution in [1.29, 1.82) is 0 Å². The normalized spacial score (nSPS) is 22.2. The van der Waals surface area contributed by atoms with Gasteiger partial charge < -0.3 is 9.64 Å². The molecular formula is C15H23N3O. The Kier molecular flexibility index (Phi) is 3.21. The molecule has 3 rings (SSSR count). The Morgan fingerprint density at radius 2 is 1.84 bits per heavy atom. The number of ether oxygens (including phenoxy) is 1. The lowest BCUT2D eigenvalue weighted by Gasteiger charge is -2.41. The number of aromatic nitrogens is 2. The van der Waals surface area contributed by atoms with Crippen LogP contribution in [0.4, 0.5) is 5.82 Å². The van der Waals surface area contributed by atoms with E-state index in [0.29, 0.717) is 0 Å². The molecule has 1 aliphatic carbocycles. The van der Waals surface area contributed by atoms with Crippen molar-refractivity contribution in [1.82, 2.24) is 9.97 Å². The Bertz CT molecular complexity index is 481. The van der Waals surface area contributed by atoms with Crippen LogP contribution < -0.4 is 4.90 Å². The van der Waals surface area contributed by atoms with E-state index in [4.69, 9.17) is 4.74 Å². The molecule has 0 unspecified atom stereocenters. The van der Waals surface area contributed by atoms with Gasteiger partial charge in [0.1, 0.15) is 11.6 Å². The molecule has 1 aromatic rings. The molecule has 19 heavy (non-hydrogen) atoms. The molecule has 2 fully saturated rings. The SMILES string of the molecule is Cc1nc(C)c(C)c(N2CCOC3(CCCC3)C2)n1. The molecule has 1 saturated heterocycles. The summed E-state index contributed by atoms with van der Waals surface area (Å²) in [6.45, 7) is 8.92. The van der Waals surface area contributed by atoms with Gasteiger partial charge in [-0.2, -0.15) is 0 Å². The summed E-state index contributed by atoms with van der Waals surface area (Å²) in [7, 11) is 0.